The Labute approximate surface area is 257 Å². The number of aliphatic hydroxyl groups excluding tert-OH is 1. The number of carboxylic acid groups (broad SMARTS) is 2. The highest BCUT2D eigenvalue weighted by Gasteiger charge is 2.25. The van der Waals surface area contributed by atoms with Crippen LogP contribution in [0.4, 0.5) is 4.39 Å². The molecule has 1 aromatic carbocycles. The van der Waals surface area contributed by atoms with Crippen molar-refractivity contribution in [3.05, 3.63) is 53.9 Å². The van der Waals surface area contributed by atoms with Gasteiger partial charge in [-0.05, 0) is 101 Å². The van der Waals surface area contributed by atoms with Gasteiger partial charge in [-0.3, -0.25) is 4.90 Å². The van der Waals surface area contributed by atoms with Crippen molar-refractivity contribution in [3.8, 4) is 5.75 Å². The SMILES string of the molecule is C1CCOCC1.CCN(C)CCC(C)N(CC1C=CC(F)=CC1)C(O)Cc1ccc(OCC(C)C)cc1.O=C(O)C(=O)O. The Morgan fingerprint density at radius 1 is 1.07 bits per heavy atom. The second-order valence-electron chi connectivity index (χ2n) is 11.5. The standard InChI is InChI=1S/C26H41FN2O2.C5H10O.C2H2O4/c1-6-28(5)16-15-21(4)29(18-23-7-11-24(27)12-8-23)26(30)17-22-9-13-25(14-10-22)31-19-20(2)3;1-2-4-6-5-3-1;3-1(4)2(5)6/h7,9-14,20-21,23,26,30H,6,8,15-19H2,1-5H3;1-5H2;(H,3,4)(H,5,6). The lowest BCUT2D eigenvalue weighted by Gasteiger charge is -2.36. The predicted octanol–water partition coefficient (Wildman–Crippen LogP) is 5.39. The summed E-state index contributed by atoms with van der Waals surface area (Å²) in [4.78, 5) is 22.7. The van der Waals surface area contributed by atoms with Crippen LogP contribution in [-0.4, -0.2) is 95.8 Å². The molecular formula is C33H53FN2O7. The van der Waals surface area contributed by atoms with Crippen LogP contribution in [0.5, 0.6) is 5.75 Å². The average molecular weight is 609 g/mol. The molecule has 1 fully saturated rings. The van der Waals surface area contributed by atoms with Crippen LogP contribution in [-0.2, 0) is 20.7 Å². The van der Waals surface area contributed by atoms with Gasteiger partial charge in [-0.25, -0.2) is 14.0 Å². The van der Waals surface area contributed by atoms with Crippen LogP contribution in [0.15, 0.2) is 48.3 Å². The summed E-state index contributed by atoms with van der Waals surface area (Å²) in [5.74, 6) is -2.25. The van der Waals surface area contributed by atoms with Gasteiger partial charge in [0.25, 0.3) is 0 Å². The van der Waals surface area contributed by atoms with Crippen molar-refractivity contribution in [1.82, 2.24) is 9.80 Å². The van der Waals surface area contributed by atoms with E-state index in [9.17, 15) is 9.50 Å². The largest absolute Gasteiger partial charge is 0.493 e. The lowest BCUT2D eigenvalue weighted by Crippen LogP contribution is -2.46. The maximum atomic E-state index is 13.4. The number of aliphatic hydroxyl groups is 1. The molecule has 43 heavy (non-hydrogen) atoms. The first-order valence-corrected chi connectivity index (χ1v) is 15.3. The predicted molar refractivity (Wildman–Crippen MR) is 167 cm³/mol. The number of allylic oxidation sites excluding steroid dienone is 3. The fourth-order valence-electron chi connectivity index (χ4n) is 4.37. The number of carboxylic acids is 2. The van der Waals surface area contributed by atoms with Crippen LogP contribution in [0.2, 0.25) is 0 Å². The van der Waals surface area contributed by atoms with E-state index in [0.717, 1.165) is 44.0 Å². The van der Waals surface area contributed by atoms with Gasteiger partial charge in [0.1, 0.15) is 17.8 Å². The molecule has 244 valence electrons. The molecule has 1 aliphatic carbocycles. The van der Waals surface area contributed by atoms with Crippen molar-refractivity contribution >= 4 is 11.9 Å². The summed E-state index contributed by atoms with van der Waals surface area (Å²) in [6.07, 6.45) is 10.7. The van der Waals surface area contributed by atoms with Crippen molar-refractivity contribution in [1.29, 1.82) is 0 Å². The molecule has 3 rings (SSSR count). The summed E-state index contributed by atoms with van der Waals surface area (Å²) in [6, 6.07) is 8.25. The maximum Gasteiger partial charge on any atom is 0.414 e. The molecule has 3 atom stereocenters. The molecule has 3 N–H and O–H groups in total. The molecule has 2 aliphatic rings. The summed E-state index contributed by atoms with van der Waals surface area (Å²) >= 11 is 0. The molecule has 1 saturated heterocycles. The molecule has 0 spiro atoms. The van der Waals surface area contributed by atoms with Gasteiger partial charge in [-0.2, -0.15) is 0 Å². The third-order valence-corrected chi connectivity index (χ3v) is 7.19. The van der Waals surface area contributed by atoms with Crippen LogP contribution in [0.3, 0.4) is 0 Å². The molecule has 1 aliphatic heterocycles. The van der Waals surface area contributed by atoms with E-state index in [0.29, 0.717) is 31.9 Å². The average Bonchev–Trinajstić information content (AvgIpc) is 3.00. The summed E-state index contributed by atoms with van der Waals surface area (Å²) in [5.41, 5.74) is 1.08. The summed E-state index contributed by atoms with van der Waals surface area (Å²) in [5, 5.41) is 25.9. The lowest BCUT2D eigenvalue weighted by molar-refractivity contribution is -0.159. The van der Waals surface area contributed by atoms with Crippen molar-refractivity contribution in [3.63, 3.8) is 0 Å². The molecule has 1 aromatic rings. The van der Waals surface area contributed by atoms with E-state index in [2.05, 4.69) is 44.5 Å². The maximum absolute atomic E-state index is 13.4. The normalized spacial score (nSPS) is 17.7. The molecule has 0 aromatic heterocycles. The van der Waals surface area contributed by atoms with E-state index in [4.69, 9.17) is 29.3 Å². The fourth-order valence-corrected chi connectivity index (χ4v) is 4.37. The number of carbonyl (C=O) groups is 2. The number of benzene rings is 1. The molecule has 9 nitrogen and oxygen atoms in total. The Bertz CT molecular complexity index is 956. The van der Waals surface area contributed by atoms with Gasteiger partial charge in [-0.1, -0.05) is 39.0 Å². The van der Waals surface area contributed by atoms with E-state index in [1.807, 2.05) is 30.3 Å². The van der Waals surface area contributed by atoms with Crippen molar-refractivity contribution < 1.29 is 38.8 Å². The Balaban J connectivity index is 0.000000637. The lowest BCUT2D eigenvalue weighted by atomic mass is 9.98. The monoisotopic (exact) mass is 608 g/mol. The molecule has 1 heterocycles. The molecule has 0 amide bonds. The molecule has 0 bridgehead atoms. The Hall–Kier alpha value is -2.79. The van der Waals surface area contributed by atoms with E-state index >= 15 is 0 Å². The second kappa shape index (κ2) is 21.8. The zero-order valence-corrected chi connectivity index (χ0v) is 26.6. The van der Waals surface area contributed by atoms with Crippen LogP contribution in [0, 0.1) is 11.8 Å². The van der Waals surface area contributed by atoms with Gasteiger partial charge >= 0.3 is 11.9 Å². The topological polar surface area (TPSA) is 120 Å². The zero-order valence-electron chi connectivity index (χ0n) is 26.6. The van der Waals surface area contributed by atoms with E-state index in [1.165, 1.54) is 19.3 Å². The Morgan fingerprint density at radius 2 is 1.70 bits per heavy atom. The van der Waals surface area contributed by atoms with E-state index < -0.39 is 18.2 Å². The van der Waals surface area contributed by atoms with Gasteiger partial charge in [0, 0.05) is 32.2 Å². The van der Waals surface area contributed by atoms with Crippen LogP contribution in [0.25, 0.3) is 0 Å². The van der Waals surface area contributed by atoms with E-state index in [-0.39, 0.29) is 17.8 Å². The number of halogens is 1. The number of rotatable bonds is 13. The van der Waals surface area contributed by atoms with Gasteiger partial charge < -0.3 is 29.7 Å². The Morgan fingerprint density at radius 3 is 2.14 bits per heavy atom. The molecule has 10 heteroatoms. The first kappa shape index (κ1) is 38.2. The number of aliphatic carboxylic acids is 2. The molecule has 0 radical (unpaired) electrons. The highest BCUT2D eigenvalue weighted by Crippen LogP contribution is 2.23. The van der Waals surface area contributed by atoms with Gasteiger partial charge in [0.15, 0.2) is 0 Å². The highest BCUT2D eigenvalue weighted by molar-refractivity contribution is 6.27. The third kappa shape index (κ3) is 17.8. The Kier molecular flexibility index (Phi) is 19.4. The van der Waals surface area contributed by atoms with Crippen molar-refractivity contribution in [2.75, 3.05) is 46.5 Å². The number of ether oxygens (including phenoxy) is 2. The van der Waals surface area contributed by atoms with Gasteiger partial charge in [-0.15, -0.1) is 0 Å². The van der Waals surface area contributed by atoms with Crippen LogP contribution >= 0.6 is 0 Å². The van der Waals surface area contributed by atoms with E-state index in [1.54, 1.807) is 12.2 Å². The number of nitrogens with zero attached hydrogens (tertiary/aromatic N) is 2. The first-order valence-electron chi connectivity index (χ1n) is 15.3. The summed E-state index contributed by atoms with van der Waals surface area (Å²) < 4.78 is 24.2. The number of hydrogen-bond donors (Lipinski definition) is 3. The van der Waals surface area contributed by atoms with Crippen molar-refractivity contribution in [2.45, 2.75) is 78.5 Å². The van der Waals surface area contributed by atoms with Crippen LogP contribution < -0.4 is 4.74 Å². The van der Waals surface area contributed by atoms with Crippen molar-refractivity contribution in [2.24, 2.45) is 11.8 Å². The summed E-state index contributed by atoms with van der Waals surface area (Å²) in [7, 11) is 2.12. The second-order valence-corrected chi connectivity index (χ2v) is 11.5. The quantitative estimate of drug-likeness (QED) is 0.200. The minimum Gasteiger partial charge on any atom is -0.493 e. The van der Waals surface area contributed by atoms with Gasteiger partial charge in [0.2, 0.25) is 0 Å². The molecule has 0 saturated carbocycles. The molecular weight excluding hydrogens is 555 g/mol. The fraction of sp³-hybridized carbons (Fsp3) is 0.636. The minimum absolute atomic E-state index is 0.166. The molecule has 3 unspecified atom stereocenters. The third-order valence-electron chi connectivity index (χ3n) is 7.19. The number of hydrogen-bond acceptors (Lipinski definition) is 7. The van der Waals surface area contributed by atoms with Crippen LogP contribution in [0.1, 0.15) is 65.4 Å². The first-order chi connectivity index (χ1) is 20.4. The highest BCUT2D eigenvalue weighted by atomic mass is 19.1. The zero-order chi connectivity index (χ0) is 32.2. The van der Waals surface area contributed by atoms with Gasteiger partial charge in [0.05, 0.1) is 6.61 Å². The smallest absolute Gasteiger partial charge is 0.414 e. The summed E-state index contributed by atoms with van der Waals surface area (Å²) in [6.45, 7) is 14.0. The minimum atomic E-state index is -1.82.